The van der Waals surface area contributed by atoms with Crippen molar-refractivity contribution < 1.29 is 9.18 Å². The number of anilines is 1. The highest BCUT2D eigenvalue weighted by molar-refractivity contribution is 8.16. The van der Waals surface area contributed by atoms with Crippen LogP contribution in [-0.2, 0) is 4.79 Å². The fourth-order valence-electron chi connectivity index (χ4n) is 3.77. The topological polar surface area (TPSA) is 53.8 Å². The SMILES string of the molecule is Cc1ccc(C2=NC3(CCCCC3)N=C2SCC(=O)Nc2ccc(F)c(Cl)c2)cc1. The second kappa shape index (κ2) is 8.90. The Labute approximate surface area is 185 Å². The second-order valence-corrected chi connectivity index (χ2v) is 9.12. The molecule has 1 amide bonds. The molecule has 7 heteroatoms. The zero-order valence-corrected chi connectivity index (χ0v) is 18.3. The average Bonchev–Trinajstić information content (AvgIpc) is 3.08. The first-order valence-electron chi connectivity index (χ1n) is 10.1. The summed E-state index contributed by atoms with van der Waals surface area (Å²) in [5.41, 5.74) is 3.19. The molecule has 0 radical (unpaired) electrons. The molecule has 156 valence electrons. The third-order valence-electron chi connectivity index (χ3n) is 5.35. The summed E-state index contributed by atoms with van der Waals surface area (Å²) in [6.07, 6.45) is 5.37. The Balaban J connectivity index is 1.49. The van der Waals surface area contributed by atoms with Crippen LogP contribution in [0.2, 0.25) is 5.02 Å². The quantitative estimate of drug-likeness (QED) is 0.628. The van der Waals surface area contributed by atoms with Gasteiger partial charge in [-0.25, -0.2) is 9.38 Å². The number of aryl methyl sites for hydroxylation is 1. The first kappa shape index (κ1) is 21.1. The van der Waals surface area contributed by atoms with Gasteiger partial charge in [0.15, 0.2) is 5.66 Å². The lowest BCUT2D eigenvalue weighted by atomic mass is 9.90. The summed E-state index contributed by atoms with van der Waals surface area (Å²) in [5, 5.41) is 3.55. The van der Waals surface area contributed by atoms with Crippen LogP contribution in [0.15, 0.2) is 52.4 Å². The van der Waals surface area contributed by atoms with Crippen molar-refractivity contribution in [1.82, 2.24) is 0 Å². The summed E-state index contributed by atoms with van der Waals surface area (Å²) < 4.78 is 13.3. The molecule has 1 spiro atoms. The summed E-state index contributed by atoms with van der Waals surface area (Å²) in [6.45, 7) is 2.05. The standard InChI is InChI=1S/C23H23ClFN3OS/c1-15-5-7-16(8-6-15)21-22(28-23(27-21)11-3-2-4-12-23)30-14-20(29)26-17-9-10-19(25)18(24)13-17/h5-10,13H,2-4,11-12,14H2,1H3,(H,26,29). The molecule has 0 unspecified atom stereocenters. The fraction of sp³-hybridized carbons (Fsp3) is 0.348. The van der Waals surface area contributed by atoms with E-state index in [1.165, 1.54) is 41.9 Å². The van der Waals surface area contributed by atoms with Crippen LogP contribution < -0.4 is 5.32 Å². The molecule has 30 heavy (non-hydrogen) atoms. The zero-order chi connectivity index (χ0) is 21.1. The van der Waals surface area contributed by atoms with E-state index >= 15 is 0 Å². The Kier molecular flexibility index (Phi) is 6.25. The highest BCUT2D eigenvalue weighted by Crippen LogP contribution is 2.38. The monoisotopic (exact) mass is 443 g/mol. The van der Waals surface area contributed by atoms with Crippen molar-refractivity contribution in [3.05, 3.63) is 64.4 Å². The van der Waals surface area contributed by atoms with Crippen molar-refractivity contribution in [3.8, 4) is 0 Å². The first-order valence-corrected chi connectivity index (χ1v) is 11.5. The van der Waals surface area contributed by atoms with Crippen molar-refractivity contribution in [2.45, 2.75) is 44.7 Å². The lowest BCUT2D eigenvalue weighted by molar-refractivity contribution is -0.113. The average molecular weight is 444 g/mol. The van der Waals surface area contributed by atoms with Crippen molar-refractivity contribution in [3.63, 3.8) is 0 Å². The number of carbonyl (C=O) groups excluding carboxylic acids is 1. The van der Waals surface area contributed by atoms with Crippen LogP contribution >= 0.6 is 23.4 Å². The van der Waals surface area contributed by atoms with Crippen molar-refractivity contribution in [1.29, 1.82) is 0 Å². The minimum Gasteiger partial charge on any atom is -0.325 e. The van der Waals surface area contributed by atoms with Crippen LogP contribution in [0.1, 0.15) is 43.2 Å². The third-order valence-corrected chi connectivity index (χ3v) is 6.61. The van der Waals surface area contributed by atoms with E-state index in [2.05, 4.69) is 36.5 Å². The number of nitrogens with zero attached hydrogens (tertiary/aromatic N) is 2. The van der Waals surface area contributed by atoms with Gasteiger partial charge in [-0.1, -0.05) is 59.6 Å². The molecular formula is C23H23ClFN3OS. The molecule has 1 heterocycles. The van der Waals surface area contributed by atoms with E-state index in [0.29, 0.717) is 5.69 Å². The number of hydrogen-bond acceptors (Lipinski definition) is 4. The summed E-state index contributed by atoms with van der Waals surface area (Å²) in [4.78, 5) is 22.5. The zero-order valence-electron chi connectivity index (χ0n) is 16.8. The van der Waals surface area contributed by atoms with Gasteiger partial charge in [0.05, 0.1) is 16.5 Å². The van der Waals surface area contributed by atoms with Gasteiger partial charge in [0.25, 0.3) is 0 Å². The van der Waals surface area contributed by atoms with Crippen LogP contribution in [0.3, 0.4) is 0 Å². The van der Waals surface area contributed by atoms with Gasteiger partial charge in [-0.3, -0.25) is 9.79 Å². The minimum atomic E-state index is -0.513. The van der Waals surface area contributed by atoms with Crippen LogP contribution in [0, 0.1) is 12.7 Å². The smallest absolute Gasteiger partial charge is 0.234 e. The van der Waals surface area contributed by atoms with Gasteiger partial charge in [-0.15, -0.1) is 0 Å². The molecule has 1 fully saturated rings. The number of rotatable bonds is 4. The van der Waals surface area contributed by atoms with Gasteiger partial charge in [0, 0.05) is 11.3 Å². The predicted molar refractivity (Wildman–Crippen MR) is 123 cm³/mol. The Morgan fingerprint density at radius 3 is 2.57 bits per heavy atom. The molecule has 2 aliphatic rings. The van der Waals surface area contributed by atoms with Crippen molar-refractivity contribution in [2.75, 3.05) is 11.1 Å². The molecule has 0 atom stereocenters. The maximum Gasteiger partial charge on any atom is 0.234 e. The number of carbonyl (C=O) groups is 1. The van der Waals surface area contributed by atoms with E-state index in [1.54, 1.807) is 0 Å². The van der Waals surface area contributed by atoms with Gasteiger partial charge in [0.1, 0.15) is 10.9 Å². The largest absolute Gasteiger partial charge is 0.325 e. The minimum absolute atomic E-state index is 0.0198. The van der Waals surface area contributed by atoms with E-state index in [-0.39, 0.29) is 22.3 Å². The Bertz CT molecular complexity index is 1010. The molecule has 4 rings (SSSR count). The van der Waals surface area contributed by atoms with E-state index < -0.39 is 5.82 Å². The molecule has 0 saturated heterocycles. The van der Waals surface area contributed by atoms with E-state index in [9.17, 15) is 9.18 Å². The molecule has 1 aliphatic heterocycles. The number of halogens is 2. The van der Waals surface area contributed by atoms with Crippen LogP contribution in [0.4, 0.5) is 10.1 Å². The Morgan fingerprint density at radius 1 is 1.13 bits per heavy atom. The fourth-order valence-corrected chi connectivity index (χ4v) is 4.82. The number of amides is 1. The number of benzene rings is 2. The van der Waals surface area contributed by atoms with Crippen LogP contribution in [0.25, 0.3) is 0 Å². The van der Waals surface area contributed by atoms with Gasteiger partial charge in [-0.2, -0.15) is 0 Å². The normalized spacial score (nSPS) is 17.6. The molecule has 2 aromatic rings. The number of aliphatic imine (C=N–C) groups is 2. The maximum atomic E-state index is 13.3. The van der Waals surface area contributed by atoms with E-state index in [4.69, 9.17) is 21.6 Å². The van der Waals surface area contributed by atoms with Gasteiger partial charge in [-0.05, 0) is 50.8 Å². The molecular weight excluding hydrogens is 421 g/mol. The molecule has 0 aromatic heterocycles. The van der Waals surface area contributed by atoms with Gasteiger partial charge < -0.3 is 5.32 Å². The highest BCUT2D eigenvalue weighted by Gasteiger charge is 2.37. The van der Waals surface area contributed by atoms with E-state index in [1.807, 2.05) is 0 Å². The van der Waals surface area contributed by atoms with Gasteiger partial charge >= 0.3 is 0 Å². The van der Waals surface area contributed by atoms with Crippen LogP contribution in [-0.4, -0.2) is 28.1 Å². The molecule has 1 aliphatic carbocycles. The van der Waals surface area contributed by atoms with Crippen molar-refractivity contribution in [2.24, 2.45) is 9.98 Å². The Morgan fingerprint density at radius 2 is 1.87 bits per heavy atom. The number of nitrogens with one attached hydrogen (secondary N) is 1. The van der Waals surface area contributed by atoms with Crippen molar-refractivity contribution >= 4 is 45.7 Å². The summed E-state index contributed by atoms with van der Waals surface area (Å²) in [7, 11) is 0. The number of thioether (sulfide) groups is 1. The Hall–Kier alpha value is -2.18. The van der Waals surface area contributed by atoms with Crippen LogP contribution in [0.5, 0.6) is 0 Å². The summed E-state index contributed by atoms with van der Waals surface area (Å²) >= 11 is 7.19. The maximum absolute atomic E-state index is 13.3. The predicted octanol–water partition coefficient (Wildman–Crippen LogP) is 6.02. The lowest BCUT2D eigenvalue weighted by Crippen LogP contribution is -2.25. The molecule has 1 saturated carbocycles. The summed E-state index contributed by atoms with van der Waals surface area (Å²) in [5.74, 6) is -0.520. The molecule has 4 nitrogen and oxygen atoms in total. The van der Waals surface area contributed by atoms with Gasteiger partial charge in [0.2, 0.25) is 5.91 Å². The second-order valence-electron chi connectivity index (χ2n) is 7.75. The lowest BCUT2D eigenvalue weighted by Gasteiger charge is -2.27. The molecule has 1 N–H and O–H groups in total. The molecule has 2 aromatic carbocycles. The summed E-state index contributed by atoms with van der Waals surface area (Å²) in [6, 6.07) is 12.4. The number of hydrogen-bond donors (Lipinski definition) is 1. The molecule has 0 bridgehead atoms. The highest BCUT2D eigenvalue weighted by atomic mass is 35.5. The first-order chi connectivity index (χ1) is 14.4. The third kappa shape index (κ3) is 4.76. The van der Waals surface area contributed by atoms with E-state index in [0.717, 1.165) is 42.0 Å².